The quantitative estimate of drug-likeness (QED) is 0.714. The molecule has 0 amide bonds. The Hall–Kier alpha value is -2.67. The Morgan fingerprint density at radius 1 is 1.08 bits per heavy atom. The summed E-state index contributed by atoms with van der Waals surface area (Å²) in [5, 5.41) is 12.2. The summed E-state index contributed by atoms with van der Waals surface area (Å²) in [6.07, 6.45) is 1.38. The van der Waals surface area contributed by atoms with Crippen molar-refractivity contribution in [3.05, 3.63) is 59.9 Å². The molecule has 0 saturated heterocycles. The van der Waals surface area contributed by atoms with Crippen molar-refractivity contribution < 1.29 is 9.13 Å². The van der Waals surface area contributed by atoms with Crippen molar-refractivity contribution in [2.75, 3.05) is 11.6 Å². The highest BCUT2D eigenvalue weighted by Crippen LogP contribution is 2.39. The van der Waals surface area contributed by atoms with E-state index in [1.165, 1.54) is 23.9 Å². The topological polar surface area (TPSA) is 59.9 Å². The average molecular weight is 340 g/mol. The molecule has 5 nitrogen and oxygen atoms in total. The standard InChI is InChI=1S/C17H13FN4OS/c1-24-17-20-16-14(21-22-17)12-4-2-3-5-13(12)19-15(23-16)10-6-8-11(18)9-7-10/h2-9,15,19H,1H3/t15-/m0/s1. The van der Waals surface area contributed by atoms with Gasteiger partial charge in [-0.05, 0) is 24.5 Å². The SMILES string of the molecule is CSc1nnc2c(n1)O[C@@H](c1ccc(F)cc1)Nc1ccccc1-2. The lowest BCUT2D eigenvalue weighted by atomic mass is 10.1. The summed E-state index contributed by atoms with van der Waals surface area (Å²) in [4.78, 5) is 4.44. The van der Waals surface area contributed by atoms with Gasteiger partial charge in [-0.3, -0.25) is 0 Å². The minimum Gasteiger partial charge on any atom is -0.448 e. The van der Waals surface area contributed by atoms with Gasteiger partial charge >= 0.3 is 0 Å². The molecule has 0 saturated carbocycles. The van der Waals surface area contributed by atoms with Gasteiger partial charge in [0.05, 0.1) is 0 Å². The van der Waals surface area contributed by atoms with Crippen molar-refractivity contribution in [2.24, 2.45) is 0 Å². The molecular formula is C17H13FN4OS. The number of para-hydroxylation sites is 1. The van der Waals surface area contributed by atoms with Crippen LogP contribution in [0, 0.1) is 5.82 Å². The first-order valence-electron chi connectivity index (χ1n) is 7.31. The number of aromatic nitrogens is 3. The summed E-state index contributed by atoms with van der Waals surface area (Å²) in [6, 6.07) is 13.9. The molecule has 0 fully saturated rings. The zero-order valence-corrected chi connectivity index (χ0v) is 13.5. The van der Waals surface area contributed by atoms with Crippen LogP contribution in [-0.2, 0) is 0 Å². The number of hydrogen-bond acceptors (Lipinski definition) is 6. The van der Waals surface area contributed by atoms with Crippen LogP contribution in [-0.4, -0.2) is 21.4 Å². The van der Waals surface area contributed by atoms with Crippen LogP contribution in [0.15, 0.2) is 53.7 Å². The number of halogens is 1. The Kier molecular flexibility index (Phi) is 3.78. The zero-order chi connectivity index (χ0) is 16.5. The van der Waals surface area contributed by atoms with Crippen molar-refractivity contribution >= 4 is 17.4 Å². The number of nitrogens with zero attached hydrogens (tertiary/aromatic N) is 3. The van der Waals surface area contributed by atoms with Crippen molar-refractivity contribution in [3.8, 4) is 17.1 Å². The molecule has 24 heavy (non-hydrogen) atoms. The lowest BCUT2D eigenvalue weighted by Gasteiger charge is -2.19. The van der Waals surface area contributed by atoms with Gasteiger partial charge in [0.2, 0.25) is 11.0 Å². The summed E-state index contributed by atoms with van der Waals surface area (Å²) in [7, 11) is 0. The number of nitrogens with one attached hydrogen (secondary N) is 1. The van der Waals surface area contributed by atoms with Crippen molar-refractivity contribution in [2.45, 2.75) is 11.4 Å². The first kappa shape index (κ1) is 14.9. The summed E-state index contributed by atoms with van der Waals surface area (Å²) in [5.74, 6) is 0.114. The highest BCUT2D eigenvalue weighted by atomic mass is 32.2. The average Bonchev–Trinajstić information content (AvgIpc) is 2.78. The van der Waals surface area contributed by atoms with Crippen LogP contribution in [0.5, 0.6) is 5.88 Å². The van der Waals surface area contributed by atoms with Gasteiger partial charge in [0.15, 0.2) is 11.9 Å². The van der Waals surface area contributed by atoms with E-state index in [1.807, 2.05) is 30.5 Å². The Morgan fingerprint density at radius 3 is 2.67 bits per heavy atom. The molecule has 2 heterocycles. The smallest absolute Gasteiger partial charge is 0.247 e. The lowest BCUT2D eigenvalue weighted by Crippen LogP contribution is -2.17. The van der Waals surface area contributed by atoms with Gasteiger partial charge in [0.25, 0.3) is 0 Å². The second kappa shape index (κ2) is 6.09. The van der Waals surface area contributed by atoms with E-state index < -0.39 is 6.23 Å². The number of hydrogen-bond donors (Lipinski definition) is 1. The zero-order valence-electron chi connectivity index (χ0n) is 12.7. The molecule has 120 valence electrons. The minimum absolute atomic E-state index is 0.290. The van der Waals surface area contributed by atoms with Gasteiger partial charge in [-0.1, -0.05) is 42.1 Å². The molecule has 1 aliphatic rings. The summed E-state index contributed by atoms with van der Waals surface area (Å²) < 4.78 is 19.3. The molecule has 0 bridgehead atoms. The Bertz CT molecular complexity index is 888. The van der Waals surface area contributed by atoms with Gasteiger partial charge in [-0.15, -0.1) is 10.2 Å². The highest BCUT2D eigenvalue weighted by Gasteiger charge is 2.25. The van der Waals surface area contributed by atoms with E-state index in [0.29, 0.717) is 16.7 Å². The van der Waals surface area contributed by atoms with Gasteiger partial charge < -0.3 is 10.1 Å². The molecule has 0 unspecified atom stereocenters. The molecule has 1 N–H and O–H groups in total. The Labute approximate surface area is 142 Å². The van der Waals surface area contributed by atoms with Crippen LogP contribution in [0.2, 0.25) is 0 Å². The van der Waals surface area contributed by atoms with Gasteiger partial charge in [0.1, 0.15) is 5.82 Å². The van der Waals surface area contributed by atoms with Gasteiger partial charge in [-0.2, -0.15) is 4.98 Å². The fraction of sp³-hybridized carbons (Fsp3) is 0.118. The minimum atomic E-state index is -0.501. The van der Waals surface area contributed by atoms with Crippen LogP contribution < -0.4 is 10.1 Å². The molecule has 2 aromatic carbocycles. The van der Waals surface area contributed by atoms with Crippen LogP contribution in [0.25, 0.3) is 11.3 Å². The van der Waals surface area contributed by atoms with E-state index in [1.54, 1.807) is 12.1 Å². The van der Waals surface area contributed by atoms with E-state index in [2.05, 4.69) is 20.5 Å². The van der Waals surface area contributed by atoms with Crippen LogP contribution in [0.3, 0.4) is 0 Å². The Balaban J connectivity index is 1.85. The predicted octanol–water partition coefficient (Wildman–Crippen LogP) is 3.90. The fourth-order valence-electron chi connectivity index (χ4n) is 2.52. The molecular weight excluding hydrogens is 327 g/mol. The third-order valence-corrected chi connectivity index (χ3v) is 4.23. The summed E-state index contributed by atoms with van der Waals surface area (Å²) >= 11 is 1.39. The van der Waals surface area contributed by atoms with E-state index >= 15 is 0 Å². The maximum absolute atomic E-state index is 13.2. The number of fused-ring (bicyclic) bond motifs is 3. The first-order valence-corrected chi connectivity index (χ1v) is 8.54. The van der Waals surface area contributed by atoms with E-state index in [4.69, 9.17) is 4.74 Å². The summed E-state index contributed by atoms with van der Waals surface area (Å²) in [5.41, 5.74) is 3.10. The molecule has 7 heteroatoms. The molecule has 1 aromatic heterocycles. The molecule has 0 spiro atoms. The van der Waals surface area contributed by atoms with Crippen LogP contribution in [0.4, 0.5) is 10.1 Å². The van der Waals surface area contributed by atoms with E-state index in [-0.39, 0.29) is 5.82 Å². The van der Waals surface area contributed by atoms with Crippen molar-refractivity contribution in [3.63, 3.8) is 0 Å². The van der Waals surface area contributed by atoms with Crippen molar-refractivity contribution in [1.29, 1.82) is 0 Å². The van der Waals surface area contributed by atoms with E-state index in [0.717, 1.165) is 16.8 Å². The third kappa shape index (κ3) is 2.67. The monoisotopic (exact) mass is 340 g/mol. The van der Waals surface area contributed by atoms with Crippen LogP contribution in [0.1, 0.15) is 11.8 Å². The number of benzene rings is 2. The maximum atomic E-state index is 13.2. The van der Waals surface area contributed by atoms with Gasteiger partial charge in [-0.25, -0.2) is 4.39 Å². The molecule has 1 aliphatic heterocycles. The maximum Gasteiger partial charge on any atom is 0.247 e. The normalized spacial score (nSPS) is 15.5. The molecule has 3 aromatic rings. The molecule has 1 atom stereocenters. The molecule has 0 radical (unpaired) electrons. The molecule has 4 rings (SSSR count). The third-order valence-electron chi connectivity index (χ3n) is 3.69. The molecule has 0 aliphatic carbocycles. The van der Waals surface area contributed by atoms with E-state index in [9.17, 15) is 4.39 Å². The summed E-state index contributed by atoms with van der Waals surface area (Å²) in [6.45, 7) is 0. The second-order valence-corrected chi connectivity index (χ2v) is 5.97. The Morgan fingerprint density at radius 2 is 1.88 bits per heavy atom. The second-order valence-electron chi connectivity index (χ2n) is 5.19. The number of thioether (sulfide) groups is 1. The number of rotatable bonds is 2. The van der Waals surface area contributed by atoms with Crippen molar-refractivity contribution in [1.82, 2.24) is 15.2 Å². The lowest BCUT2D eigenvalue weighted by molar-refractivity contribution is 0.225. The number of ether oxygens (including phenoxy) is 1. The van der Waals surface area contributed by atoms with Gasteiger partial charge in [0, 0.05) is 16.8 Å². The number of anilines is 1. The fourth-order valence-corrected chi connectivity index (χ4v) is 2.82. The highest BCUT2D eigenvalue weighted by molar-refractivity contribution is 7.98. The predicted molar refractivity (Wildman–Crippen MR) is 90.4 cm³/mol. The first-order chi connectivity index (χ1) is 11.7. The van der Waals surface area contributed by atoms with Crippen LogP contribution >= 0.6 is 11.8 Å². The largest absolute Gasteiger partial charge is 0.448 e.